The van der Waals surface area contributed by atoms with Crippen molar-refractivity contribution in [3.8, 4) is 0 Å². The molecule has 8 nitrogen and oxygen atoms in total. The Labute approximate surface area is 154 Å². The Hall–Kier alpha value is -3.49. The van der Waals surface area contributed by atoms with Crippen LogP contribution in [0.5, 0.6) is 0 Å². The summed E-state index contributed by atoms with van der Waals surface area (Å²) in [5.74, 6) is -2.03. The van der Waals surface area contributed by atoms with Crippen LogP contribution in [0, 0.1) is 15.9 Å². The lowest BCUT2D eigenvalue weighted by atomic mass is 10.1. The highest BCUT2D eigenvalue weighted by atomic mass is 19.1. The molecule has 0 heterocycles. The molecular weight excluding hydrogens is 355 g/mol. The van der Waals surface area contributed by atoms with E-state index in [9.17, 15) is 24.1 Å². The summed E-state index contributed by atoms with van der Waals surface area (Å²) in [5.41, 5.74) is 4.46. The monoisotopic (exact) mass is 374 g/mol. The lowest BCUT2D eigenvalue weighted by Crippen LogP contribution is -2.40. The molecule has 0 unspecified atom stereocenters. The summed E-state index contributed by atoms with van der Waals surface area (Å²) in [5, 5.41) is 16.2. The van der Waals surface area contributed by atoms with Gasteiger partial charge in [-0.05, 0) is 51.1 Å². The number of nitrogen functional groups attached to an aromatic ring is 1. The average Bonchev–Trinajstić information content (AvgIpc) is 2.55. The van der Waals surface area contributed by atoms with Crippen LogP contribution >= 0.6 is 0 Å². The van der Waals surface area contributed by atoms with E-state index >= 15 is 0 Å². The Balaban J connectivity index is 2.20. The van der Waals surface area contributed by atoms with Crippen LogP contribution in [0.4, 0.5) is 21.5 Å². The number of nitro groups is 1. The molecule has 0 aromatic heterocycles. The van der Waals surface area contributed by atoms with E-state index < -0.39 is 33.6 Å². The number of hydrogen-bond acceptors (Lipinski definition) is 5. The fraction of sp³-hybridized carbons (Fsp3) is 0.222. The normalized spacial score (nSPS) is 11.0. The smallest absolute Gasteiger partial charge is 0.295 e. The molecule has 0 aliphatic rings. The maximum absolute atomic E-state index is 13.6. The highest BCUT2D eigenvalue weighted by molar-refractivity contribution is 6.09. The van der Waals surface area contributed by atoms with E-state index in [-0.39, 0.29) is 11.5 Å². The van der Waals surface area contributed by atoms with Crippen molar-refractivity contribution in [2.45, 2.75) is 26.3 Å². The lowest BCUT2D eigenvalue weighted by Gasteiger charge is -2.20. The average molecular weight is 374 g/mol. The zero-order chi connectivity index (χ0) is 20.4. The molecule has 2 aromatic rings. The number of nitrogens with zero attached hydrogens (tertiary/aromatic N) is 1. The minimum atomic E-state index is -0.949. The van der Waals surface area contributed by atoms with Gasteiger partial charge in [-0.2, -0.15) is 0 Å². The van der Waals surface area contributed by atoms with Crippen molar-refractivity contribution in [1.29, 1.82) is 0 Å². The van der Waals surface area contributed by atoms with E-state index in [0.29, 0.717) is 17.3 Å². The predicted octanol–water partition coefficient (Wildman–Crippen LogP) is 3.10. The summed E-state index contributed by atoms with van der Waals surface area (Å²) in [6.45, 7) is 5.55. The third-order valence-corrected chi connectivity index (χ3v) is 3.46. The van der Waals surface area contributed by atoms with Crippen molar-refractivity contribution in [3.63, 3.8) is 0 Å². The number of halogens is 1. The van der Waals surface area contributed by atoms with Gasteiger partial charge in [0.2, 0.25) is 0 Å². The largest absolute Gasteiger partial charge is 0.393 e. The van der Waals surface area contributed by atoms with Gasteiger partial charge in [0.05, 0.1) is 16.6 Å². The maximum Gasteiger partial charge on any atom is 0.295 e. The van der Waals surface area contributed by atoms with Crippen LogP contribution in [-0.2, 0) is 0 Å². The van der Waals surface area contributed by atoms with Gasteiger partial charge in [0.25, 0.3) is 17.5 Å². The first-order valence-electron chi connectivity index (χ1n) is 7.95. The van der Waals surface area contributed by atoms with E-state index in [0.717, 1.165) is 6.07 Å². The Morgan fingerprint density at radius 2 is 1.70 bits per heavy atom. The highest BCUT2D eigenvalue weighted by Gasteiger charge is 2.22. The molecule has 0 saturated heterocycles. The Kier molecular flexibility index (Phi) is 5.44. The van der Waals surface area contributed by atoms with E-state index in [1.807, 2.05) is 20.8 Å². The van der Waals surface area contributed by atoms with Crippen LogP contribution in [0.15, 0.2) is 36.4 Å². The number of nitrogens with two attached hydrogens (primary N) is 1. The molecule has 2 aromatic carbocycles. The van der Waals surface area contributed by atoms with Gasteiger partial charge in [-0.1, -0.05) is 0 Å². The first-order chi connectivity index (χ1) is 12.5. The van der Waals surface area contributed by atoms with Crippen LogP contribution < -0.4 is 16.4 Å². The van der Waals surface area contributed by atoms with Gasteiger partial charge < -0.3 is 16.4 Å². The number of carbonyl (C=O) groups is 2. The molecule has 0 aliphatic carbocycles. The first kappa shape index (κ1) is 19.8. The third kappa shape index (κ3) is 5.00. The second-order valence-electron chi connectivity index (χ2n) is 6.88. The van der Waals surface area contributed by atoms with Crippen LogP contribution in [-0.4, -0.2) is 22.3 Å². The second-order valence-corrected chi connectivity index (χ2v) is 6.88. The number of anilines is 2. The van der Waals surface area contributed by atoms with Gasteiger partial charge in [-0.15, -0.1) is 0 Å². The Morgan fingerprint density at radius 1 is 1.11 bits per heavy atom. The number of hydrogen-bond donors (Lipinski definition) is 3. The topological polar surface area (TPSA) is 127 Å². The molecule has 4 N–H and O–H groups in total. The maximum atomic E-state index is 13.6. The molecular formula is C18H19FN4O4. The summed E-state index contributed by atoms with van der Waals surface area (Å²) in [6.07, 6.45) is 0. The Bertz CT molecular complexity index is 905. The number of nitrogens with one attached hydrogen (secondary N) is 2. The van der Waals surface area contributed by atoms with Gasteiger partial charge in [-0.3, -0.25) is 19.7 Å². The molecule has 0 radical (unpaired) electrons. The molecule has 0 bridgehead atoms. The van der Waals surface area contributed by atoms with Crippen molar-refractivity contribution >= 4 is 28.9 Å². The fourth-order valence-corrected chi connectivity index (χ4v) is 2.26. The molecule has 0 fully saturated rings. The minimum absolute atomic E-state index is 0.273. The fourth-order valence-electron chi connectivity index (χ4n) is 2.26. The zero-order valence-electron chi connectivity index (χ0n) is 15.0. The van der Waals surface area contributed by atoms with Crippen LogP contribution in [0.1, 0.15) is 41.5 Å². The van der Waals surface area contributed by atoms with Crippen molar-refractivity contribution in [2.75, 3.05) is 11.1 Å². The van der Waals surface area contributed by atoms with E-state index in [2.05, 4.69) is 10.6 Å². The second kappa shape index (κ2) is 7.40. The molecule has 9 heteroatoms. The van der Waals surface area contributed by atoms with E-state index in [1.54, 1.807) is 0 Å². The quantitative estimate of drug-likeness (QED) is 0.430. The van der Waals surface area contributed by atoms with Crippen LogP contribution in [0.25, 0.3) is 0 Å². The third-order valence-electron chi connectivity index (χ3n) is 3.46. The number of benzene rings is 2. The number of nitro benzene ring substituents is 1. The standard InChI is InChI=1S/C18H19FN4O4/c1-18(2,3)22-16(24)10-4-6-12(7-5-10)21-17(25)13-8-11(19)9-14(15(13)20)23(26)27/h4-9H,20H2,1-3H3,(H,21,25)(H,22,24). The highest BCUT2D eigenvalue weighted by Crippen LogP contribution is 2.27. The molecule has 2 rings (SSSR count). The molecule has 27 heavy (non-hydrogen) atoms. The molecule has 142 valence electrons. The Morgan fingerprint density at radius 3 is 2.22 bits per heavy atom. The summed E-state index contributed by atoms with van der Waals surface area (Å²) in [6, 6.07) is 7.46. The number of rotatable bonds is 4. The van der Waals surface area contributed by atoms with Crippen molar-refractivity contribution in [3.05, 3.63) is 63.5 Å². The summed E-state index contributed by atoms with van der Waals surface area (Å²) in [7, 11) is 0. The van der Waals surface area contributed by atoms with E-state index in [1.165, 1.54) is 24.3 Å². The summed E-state index contributed by atoms with van der Waals surface area (Å²) >= 11 is 0. The number of carbonyl (C=O) groups excluding carboxylic acids is 2. The van der Waals surface area contributed by atoms with Gasteiger partial charge in [0.15, 0.2) is 0 Å². The van der Waals surface area contributed by atoms with Gasteiger partial charge in [0.1, 0.15) is 11.5 Å². The molecule has 0 atom stereocenters. The molecule has 0 aliphatic heterocycles. The molecule has 2 amide bonds. The van der Waals surface area contributed by atoms with Crippen LogP contribution in [0.2, 0.25) is 0 Å². The minimum Gasteiger partial charge on any atom is -0.393 e. The molecule has 0 saturated carbocycles. The van der Waals surface area contributed by atoms with Crippen molar-refractivity contribution in [1.82, 2.24) is 5.32 Å². The SMILES string of the molecule is CC(C)(C)NC(=O)c1ccc(NC(=O)c2cc(F)cc([N+](=O)[O-])c2N)cc1. The van der Waals surface area contributed by atoms with E-state index in [4.69, 9.17) is 5.73 Å². The lowest BCUT2D eigenvalue weighted by molar-refractivity contribution is -0.384. The first-order valence-corrected chi connectivity index (χ1v) is 7.95. The van der Waals surface area contributed by atoms with Crippen molar-refractivity contribution < 1.29 is 18.9 Å². The molecule has 0 spiro atoms. The zero-order valence-corrected chi connectivity index (χ0v) is 15.0. The van der Waals surface area contributed by atoms with Crippen LogP contribution in [0.3, 0.4) is 0 Å². The van der Waals surface area contributed by atoms with Gasteiger partial charge >= 0.3 is 0 Å². The van der Waals surface area contributed by atoms with Gasteiger partial charge in [-0.25, -0.2) is 4.39 Å². The summed E-state index contributed by atoms with van der Waals surface area (Å²) < 4.78 is 13.6. The van der Waals surface area contributed by atoms with Gasteiger partial charge in [0, 0.05) is 16.8 Å². The summed E-state index contributed by atoms with van der Waals surface area (Å²) in [4.78, 5) is 34.4. The van der Waals surface area contributed by atoms with Crippen molar-refractivity contribution in [2.24, 2.45) is 0 Å². The predicted molar refractivity (Wildman–Crippen MR) is 99.1 cm³/mol. The number of amides is 2.